The molecule has 2 aromatic heterocycles. The van der Waals surface area contributed by atoms with Crippen molar-refractivity contribution >= 4 is 17.3 Å². The molecule has 2 rings (SSSR count). The lowest BCUT2D eigenvalue weighted by molar-refractivity contribution is 0.112. The van der Waals surface area contributed by atoms with Crippen molar-refractivity contribution in [2.45, 2.75) is 6.54 Å². The van der Waals surface area contributed by atoms with Gasteiger partial charge in [0.25, 0.3) is 0 Å². The Morgan fingerprint density at radius 2 is 2.31 bits per heavy atom. The summed E-state index contributed by atoms with van der Waals surface area (Å²) in [6.45, 7) is 1.77. The third-order valence-corrected chi connectivity index (χ3v) is 2.58. The van der Waals surface area contributed by atoms with Crippen LogP contribution in [0.15, 0.2) is 24.5 Å². The van der Waals surface area contributed by atoms with Crippen molar-refractivity contribution in [2.75, 3.05) is 20.6 Å². The first kappa shape index (κ1) is 10.8. The molecule has 16 heavy (non-hydrogen) atoms. The van der Waals surface area contributed by atoms with Crippen molar-refractivity contribution in [3.8, 4) is 0 Å². The van der Waals surface area contributed by atoms with Gasteiger partial charge in [0.2, 0.25) is 0 Å². The van der Waals surface area contributed by atoms with Gasteiger partial charge in [0.15, 0.2) is 6.29 Å². The van der Waals surface area contributed by atoms with Gasteiger partial charge in [0.1, 0.15) is 5.65 Å². The number of likely N-dealkylation sites (N-methyl/N-ethyl adjacent to an activating group) is 1. The van der Waals surface area contributed by atoms with Crippen LogP contribution in [0.2, 0.25) is 0 Å². The highest BCUT2D eigenvalue weighted by Gasteiger charge is 2.07. The highest BCUT2D eigenvalue weighted by atomic mass is 16.1. The molecule has 0 aromatic carbocycles. The van der Waals surface area contributed by atoms with Crippen molar-refractivity contribution in [3.05, 3.63) is 30.1 Å². The Hall–Kier alpha value is -1.68. The molecule has 84 valence electrons. The molecule has 0 saturated heterocycles. The molecule has 0 bridgehead atoms. The lowest BCUT2D eigenvalue weighted by Crippen LogP contribution is -2.18. The third-order valence-electron chi connectivity index (χ3n) is 2.58. The summed E-state index contributed by atoms with van der Waals surface area (Å²) >= 11 is 0. The molecule has 0 fully saturated rings. The molecule has 0 spiro atoms. The quantitative estimate of drug-likeness (QED) is 0.727. The van der Waals surface area contributed by atoms with E-state index in [2.05, 4.69) is 9.88 Å². The van der Waals surface area contributed by atoms with Gasteiger partial charge in [-0.3, -0.25) is 4.79 Å². The fourth-order valence-electron chi connectivity index (χ4n) is 1.72. The van der Waals surface area contributed by atoms with Crippen LogP contribution in [0.1, 0.15) is 10.4 Å². The van der Waals surface area contributed by atoms with Gasteiger partial charge in [-0.15, -0.1) is 0 Å². The van der Waals surface area contributed by atoms with Crippen LogP contribution < -0.4 is 0 Å². The second kappa shape index (κ2) is 4.45. The smallest absolute Gasteiger partial charge is 0.152 e. The Bertz CT molecular complexity index is 502. The minimum atomic E-state index is 0.710. The van der Waals surface area contributed by atoms with Gasteiger partial charge in [-0.25, -0.2) is 4.98 Å². The standard InChI is InChI=1S/C12H15N3O/c1-14(2)6-7-15-8-10(9-16)11-4-3-5-13-12(11)15/h3-5,8-9H,6-7H2,1-2H3. The summed E-state index contributed by atoms with van der Waals surface area (Å²) in [6.07, 6.45) is 4.51. The molecule has 2 heterocycles. The topological polar surface area (TPSA) is 38.1 Å². The van der Waals surface area contributed by atoms with E-state index in [9.17, 15) is 4.79 Å². The van der Waals surface area contributed by atoms with Crippen LogP contribution >= 0.6 is 0 Å². The Kier molecular flexibility index (Phi) is 3.01. The molecule has 0 aliphatic carbocycles. The van der Waals surface area contributed by atoms with Gasteiger partial charge < -0.3 is 9.47 Å². The molecule has 0 unspecified atom stereocenters. The van der Waals surface area contributed by atoms with E-state index < -0.39 is 0 Å². The fourth-order valence-corrected chi connectivity index (χ4v) is 1.72. The first-order valence-corrected chi connectivity index (χ1v) is 5.26. The first-order valence-electron chi connectivity index (χ1n) is 5.26. The maximum absolute atomic E-state index is 10.9. The zero-order valence-corrected chi connectivity index (χ0v) is 9.55. The van der Waals surface area contributed by atoms with Crippen LogP contribution in [0.3, 0.4) is 0 Å². The normalized spacial score (nSPS) is 11.2. The van der Waals surface area contributed by atoms with E-state index in [1.165, 1.54) is 0 Å². The second-order valence-corrected chi connectivity index (χ2v) is 4.07. The van der Waals surface area contributed by atoms with Gasteiger partial charge in [0.05, 0.1) is 0 Å². The summed E-state index contributed by atoms with van der Waals surface area (Å²) in [5.41, 5.74) is 1.59. The van der Waals surface area contributed by atoms with E-state index >= 15 is 0 Å². The maximum atomic E-state index is 10.9. The zero-order chi connectivity index (χ0) is 11.5. The molecular weight excluding hydrogens is 202 g/mol. The van der Waals surface area contributed by atoms with Crippen molar-refractivity contribution in [1.82, 2.24) is 14.5 Å². The van der Waals surface area contributed by atoms with E-state index in [1.54, 1.807) is 6.20 Å². The molecule has 2 aromatic rings. The summed E-state index contributed by atoms with van der Waals surface area (Å²) < 4.78 is 2.03. The van der Waals surface area contributed by atoms with E-state index in [4.69, 9.17) is 0 Å². The van der Waals surface area contributed by atoms with Gasteiger partial charge in [-0.1, -0.05) is 0 Å². The summed E-state index contributed by atoms with van der Waals surface area (Å²) in [6, 6.07) is 3.78. The second-order valence-electron chi connectivity index (χ2n) is 4.07. The van der Waals surface area contributed by atoms with Crippen molar-refractivity contribution in [2.24, 2.45) is 0 Å². The van der Waals surface area contributed by atoms with E-state index in [-0.39, 0.29) is 0 Å². The molecular formula is C12H15N3O. The first-order chi connectivity index (χ1) is 7.72. The lowest BCUT2D eigenvalue weighted by atomic mass is 10.2. The van der Waals surface area contributed by atoms with E-state index in [0.29, 0.717) is 5.56 Å². The Morgan fingerprint density at radius 3 is 3.00 bits per heavy atom. The summed E-state index contributed by atoms with van der Waals surface area (Å²) in [4.78, 5) is 17.3. The summed E-state index contributed by atoms with van der Waals surface area (Å²) in [5, 5.41) is 0.927. The highest BCUT2D eigenvalue weighted by Crippen LogP contribution is 2.17. The largest absolute Gasteiger partial charge is 0.330 e. The number of hydrogen-bond acceptors (Lipinski definition) is 3. The number of aromatic nitrogens is 2. The molecule has 0 aliphatic heterocycles. The van der Waals surface area contributed by atoms with Gasteiger partial charge >= 0.3 is 0 Å². The zero-order valence-electron chi connectivity index (χ0n) is 9.55. The number of hydrogen-bond donors (Lipinski definition) is 0. The Balaban J connectivity index is 2.41. The fraction of sp³-hybridized carbons (Fsp3) is 0.333. The number of nitrogens with zero attached hydrogens (tertiary/aromatic N) is 3. The van der Waals surface area contributed by atoms with Crippen LogP contribution in [0.4, 0.5) is 0 Å². The maximum Gasteiger partial charge on any atom is 0.152 e. The number of aldehydes is 1. The number of pyridine rings is 1. The average molecular weight is 217 g/mol. The number of carbonyl (C=O) groups excluding carboxylic acids is 1. The minimum Gasteiger partial charge on any atom is -0.330 e. The van der Waals surface area contributed by atoms with Crippen LogP contribution in [0, 0.1) is 0 Å². The molecule has 0 aliphatic rings. The van der Waals surface area contributed by atoms with Gasteiger partial charge in [-0.05, 0) is 26.2 Å². The van der Waals surface area contributed by atoms with Crippen LogP contribution in [0.5, 0.6) is 0 Å². The molecule has 4 nitrogen and oxygen atoms in total. The number of rotatable bonds is 4. The molecule has 4 heteroatoms. The molecule has 0 radical (unpaired) electrons. The highest BCUT2D eigenvalue weighted by molar-refractivity contribution is 5.95. The van der Waals surface area contributed by atoms with Crippen LogP contribution in [-0.2, 0) is 6.54 Å². The Morgan fingerprint density at radius 1 is 1.50 bits per heavy atom. The molecule has 0 atom stereocenters. The Labute approximate surface area is 94.5 Å². The molecule has 0 N–H and O–H groups in total. The molecule has 0 amide bonds. The van der Waals surface area contributed by atoms with Crippen molar-refractivity contribution in [3.63, 3.8) is 0 Å². The van der Waals surface area contributed by atoms with Crippen molar-refractivity contribution < 1.29 is 4.79 Å². The van der Waals surface area contributed by atoms with Gasteiger partial charge in [-0.2, -0.15) is 0 Å². The predicted octanol–water partition coefficient (Wildman–Crippen LogP) is 1.41. The SMILES string of the molecule is CN(C)CCn1cc(C=O)c2cccnc21. The molecule has 0 saturated carbocycles. The van der Waals surface area contributed by atoms with Crippen molar-refractivity contribution in [1.29, 1.82) is 0 Å². The number of fused-ring (bicyclic) bond motifs is 1. The lowest BCUT2D eigenvalue weighted by Gasteiger charge is -2.10. The number of carbonyl (C=O) groups is 1. The van der Waals surface area contributed by atoms with Gasteiger partial charge in [0, 0.05) is 36.4 Å². The van der Waals surface area contributed by atoms with Crippen LogP contribution in [0.25, 0.3) is 11.0 Å². The summed E-state index contributed by atoms with van der Waals surface area (Å²) in [7, 11) is 4.06. The third kappa shape index (κ3) is 1.97. The van der Waals surface area contributed by atoms with Crippen LogP contribution in [-0.4, -0.2) is 41.4 Å². The predicted molar refractivity (Wildman–Crippen MR) is 63.7 cm³/mol. The average Bonchev–Trinajstić information content (AvgIpc) is 2.65. The minimum absolute atomic E-state index is 0.710. The van der Waals surface area contributed by atoms with E-state index in [1.807, 2.05) is 37.0 Å². The van der Waals surface area contributed by atoms with E-state index in [0.717, 1.165) is 30.4 Å². The summed E-state index contributed by atoms with van der Waals surface area (Å²) in [5.74, 6) is 0. The monoisotopic (exact) mass is 217 g/mol.